The first-order chi connectivity index (χ1) is 11.0. The van der Waals surface area contributed by atoms with Crippen molar-refractivity contribution >= 4 is 5.97 Å². The van der Waals surface area contributed by atoms with Gasteiger partial charge in [0.2, 0.25) is 0 Å². The van der Waals surface area contributed by atoms with E-state index in [1.165, 1.54) is 0 Å². The normalized spacial score (nSPS) is 22.2. The minimum absolute atomic E-state index is 0.270. The lowest BCUT2D eigenvalue weighted by atomic mass is 9.90. The molecule has 1 N–H and O–H groups in total. The highest BCUT2D eigenvalue weighted by molar-refractivity contribution is 5.70. The number of aryl methyl sites for hydroxylation is 1. The zero-order valence-electron chi connectivity index (χ0n) is 13.6. The fourth-order valence-electron chi connectivity index (χ4n) is 3.53. The average molecular weight is 313 g/mol. The van der Waals surface area contributed by atoms with E-state index in [0.717, 1.165) is 36.7 Å². The van der Waals surface area contributed by atoms with E-state index < -0.39 is 5.97 Å². The van der Waals surface area contributed by atoms with Gasteiger partial charge >= 0.3 is 5.97 Å². The molecule has 2 aromatic rings. The Bertz CT molecular complexity index is 681. The molecule has 0 aliphatic carbocycles. The van der Waals surface area contributed by atoms with E-state index in [1.54, 1.807) is 0 Å². The number of imidazole rings is 1. The summed E-state index contributed by atoms with van der Waals surface area (Å²) in [5, 5.41) is 9.33. The van der Waals surface area contributed by atoms with Gasteiger partial charge in [0.1, 0.15) is 5.82 Å². The second-order valence-corrected chi connectivity index (χ2v) is 6.54. The van der Waals surface area contributed by atoms with Gasteiger partial charge in [-0.05, 0) is 31.4 Å². The van der Waals surface area contributed by atoms with Crippen molar-refractivity contribution in [1.29, 1.82) is 0 Å². The van der Waals surface area contributed by atoms with E-state index in [-0.39, 0.29) is 5.92 Å². The van der Waals surface area contributed by atoms with Gasteiger partial charge in [0.25, 0.3) is 0 Å². The molecule has 1 aliphatic heterocycles. The van der Waals surface area contributed by atoms with Gasteiger partial charge in [-0.1, -0.05) is 25.1 Å². The lowest BCUT2D eigenvalue weighted by Crippen LogP contribution is -2.42. The number of hydrogen-bond donors (Lipinski definition) is 1. The van der Waals surface area contributed by atoms with Crippen LogP contribution < -0.4 is 0 Å². The zero-order chi connectivity index (χ0) is 16.4. The van der Waals surface area contributed by atoms with Crippen LogP contribution >= 0.6 is 0 Å². The number of para-hydroxylation sites is 1. The van der Waals surface area contributed by atoms with Gasteiger partial charge in [0.15, 0.2) is 0 Å². The number of piperidine rings is 1. The van der Waals surface area contributed by atoms with Crippen LogP contribution in [0.2, 0.25) is 0 Å². The maximum atomic E-state index is 11.3. The molecule has 0 spiro atoms. The third-order valence-corrected chi connectivity index (χ3v) is 4.50. The molecule has 0 bridgehead atoms. The van der Waals surface area contributed by atoms with Gasteiger partial charge in [0.05, 0.1) is 17.8 Å². The SMILES string of the molecule is Cc1ncc(CN2CC(C)CC(C(=O)O)C2)n1-c1ccccc1. The molecule has 0 amide bonds. The second kappa shape index (κ2) is 6.54. The van der Waals surface area contributed by atoms with Crippen molar-refractivity contribution in [3.05, 3.63) is 48.0 Å². The largest absolute Gasteiger partial charge is 0.481 e. The lowest BCUT2D eigenvalue weighted by Gasteiger charge is -2.34. The first-order valence-electron chi connectivity index (χ1n) is 8.08. The van der Waals surface area contributed by atoms with Crippen molar-refractivity contribution in [2.45, 2.75) is 26.8 Å². The Hall–Kier alpha value is -2.14. The summed E-state index contributed by atoms with van der Waals surface area (Å²) >= 11 is 0. The van der Waals surface area contributed by atoms with Gasteiger partial charge in [-0.15, -0.1) is 0 Å². The first-order valence-corrected chi connectivity index (χ1v) is 8.08. The molecule has 3 rings (SSSR count). The molecule has 23 heavy (non-hydrogen) atoms. The average Bonchev–Trinajstić information content (AvgIpc) is 2.88. The summed E-state index contributed by atoms with van der Waals surface area (Å²) in [5.74, 6) is 0.396. The Labute approximate surface area is 136 Å². The van der Waals surface area contributed by atoms with Gasteiger partial charge in [0, 0.05) is 25.3 Å². The fraction of sp³-hybridized carbons (Fsp3) is 0.444. The van der Waals surface area contributed by atoms with Gasteiger partial charge in [-0.2, -0.15) is 0 Å². The molecular weight excluding hydrogens is 290 g/mol. The van der Waals surface area contributed by atoms with Crippen molar-refractivity contribution in [3.63, 3.8) is 0 Å². The predicted octanol–water partition coefficient (Wildman–Crippen LogP) is 2.72. The van der Waals surface area contributed by atoms with Crippen molar-refractivity contribution in [2.24, 2.45) is 11.8 Å². The number of carboxylic acid groups (broad SMARTS) is 1. The molecule has 2 unspecified atom stereocenters. The molecule has 1 fully saturated rings. The smallest absolute Gasteiger partial charge is 0.307 e. The summed E-state index contributed by atoms with van der Waals surface area (Å²) in [6.07, 6.45) is 2.67. The van der Waals surface area contributed by atoms with Gasteiger partial charge < -0.3 is 5.11 Å². The maximum absolute atomic E-state index is 11.3. The number of aliphatic carboxylic acids is 1. The number of nitrogens with zero attached hydrogens (tertiary/aromatic N) is 3. The van der Waals surface area contributed by atoms with Crippen LogP contribution in [0.1, 0.15) is 24.9 Å². The Morgan fingerprint density at radius 3 is 2.74 bits per heavy atom. The second-order valence-electron chi connectivity index (χ2n) is 6.54. The summed E-state index contributed by atoms with van der Waals surface area (Å²) in [6.45, 7) is 6.39. The monoisotopic (exact) mass is 313 g/mol. The highest BCUT2D eigenvalue weighted by Crippen LogP contribution is 2.24. The van der Waals surface area contributed by atoms with Crippen LogP contribution in [0.3, 0.4) is 0 Å². The van der Waals surface area contributed by atoms with Crippen molar-refractivity contribution in [1.82, 2.24) is 14.5 Å². The Balaban J connectivity index is 1.82. The zero-order valence-corrected chi connectivity index (χ0v) is 13.6. The molecule has 0 saturated carbocycles. The van der Waals surface area contributed by atoms with Gasteiger partial charge in [-0.3, -0.25) is 14.3 Å². The predicted molar refractivity (Wildman–Crippen MR) is 88.5 cm³/mol. The van der Waals surface area contributed by atoms with E-state index in [2.05, 4.69) is 33.5 Å². The molecule has 0 radical (unpaired) electrons. The standard InChI is InChI=1S/C18H23N3O2/c1-13-8-15(18(22)23)11-20(10-13)12-17-9-19-14(2)21(17)16-6-4-3-5-7-16/h3-7,9,13,15H,8,10-12H2,1-2H3,(H,22,23). The van der Waals surface area contributed by atoms with Crippen LogP contribution in [0.5, 0.6) is 0 Å². The summed E-state index contributed by atoms with van der Waals surface area (Å²) < 4.78 is 2.15. The van der Waals surface area contributed by atoms with Crippen LogP contribution in [0.4, 0.5) is 0 Å². The van der Waals surface area contributed by atoms with Crippen LogP contribution in [0, 0.1) is 18.8 Å². The number of aromatic nitrogens is 2. The molecule has 1 aliphatic rings. The van der Waals surface area contributed by atoms with E-state index in [0.29, 0.717) is 12.5 Å². The Morgan fingerprint density at radius 2 is 2.04 bits per heavy atom. The quantitative estimate of drug-likeness (QED) is 0.943. The lowest BCUT2D eigenvalue weighted by molar-refractivity contribution is -0.144. The molecule has 1 aromatic carbocycles. The van der Waals surface area contributed by atoms with Crippen molar-refractivity contribution < 1.29 is 9.90 Å². The summed E-state index contributed by atoms with van der Waals surface area (Å²) in [5.41, 5.74) is 2.20. The van der Waals surface area contributed by atoms with E-state index in [4.69, 9.17) is 0 Å². The molecule has 2 atom stereocenters. The number of likely N-dealkylation sites (tertiary alicyclic amines) is 1. The molecule has 5 nitrogen and oxygen atoms in total. The molecule has 1 aromatic heterocycles. The number of rotatable bonds is 4. The molecular formula is C18H23N3O2. The third kappa shape index (κ3) is 3.45. The van der Waals surface area contributed by atoms with E-state index in [1.807, 2.05) is 31.3 Å². The minimum Gasteiger partial charge on any atom is -0.481 e. The third-order valence-electron chi connectivity index (χ3n) is 4.50. The number of hydrogen-bond acceptors (Lipinski definition) is 3. The Kier molecular flexibility index (Phi) is 4.48. The molecule has 1 saturated heterocycles. The van der Waals surface area contributed by atoms with Crippen molar-refractivity contribution in [2.75, 3.05) is 13.1 Å². The maximum Gasteiger partial charge on any atom is 0.307 e. The van der Waals surface area contributed by atoms with Crippen LogP contribution in [-0.2, 0) is 11.3 Å². The fourth-order valence-corrected chi connectivity index (χ4v) is 3.53. The number of carbonyl (C=O) groups is 1. The molecule has 2 heterocycles. The first kappa shape index (κ1) is 15.7. The van der Waals surface area contributed by atoms with E-state index in [9.17, 15) is 9.90 Å². The Morgan fingerprint density at radius 1 is 1.30 bits per heavy atom. The molecule has 122 valence electrons. The number of benzene rings is 1. The summed E-state index contributed by atoms with van der Waals surface area (Å²) in [7, 11) is 0. The highest BCUT2D eigenvalue weighted by atomic mass is 16.4. The summed E-state index contributed by atoms with van der Waals surface area (Å²) in [6, 6.07) is 10.2. The topological polar surface area (TPSA) is 58.4 Å². The number of carboxylic acids is 1. The molecule has 5 heteroatoms. The summed E-state index contributed by atoms with van der Waals surface area (Å²) in [4.78, 5) is 18.0. The van der Waals surface area contributed by atoms with E-state index >= 15 is 0 Å². The van der Waals surface area contributed by atoms with Crippen LogP contribution in [0.15, 0.2) is 36.5 Å². The van der Waals surface area contributed by atoms with Gasteiger partial charge in [-0.25, -0.2) is 4.98 Å². The highest BCUT2D eigenvalue weighted by Gasteiger charge is 2.30. The van der Waals surface area contributed by atoms with Crippen LogP contribution in [-0.4, -0.2) is 38.6 Å². The van der Waals surface area contributed by atoms with Crippen LogP contribution in [0.25, 0.3) is 5.69 Å². The van der Waals surface area contributed by atoms with Crippen molar-refractivity contribution in [3.8, 4) is 5.69 Å². The minimum atomic E-state index is -0.686.